The number of hydrogen-bond acceptors (Lipinski definition) is 1. The molecule has 0 spiro atoms. The predicted octanol–water partition coefficient (Wildman–Crippen LogP) is 6.19. The van der Waals surface area contributed by atoms with Crippen molar-refractivity contribution in [1.82, 2.24) is 0 Å². The fourth-order valence-corrected chi connectivity index (χ4v) is 3.13. The zero-order chi connectivity index (χ0) is 17.2. The van der Waals surface area contributed by atoms with Gasteiger partial charge in [-0.2, -0.15) is 0 Å². The molecule has 0 unspecified atom stereocenters. The molecular weight excluding hydrogens is 332 g/mol. The second kappa shape index (κ2) is 6.46. The summed E-state index contributed by atoms with van der Waals surface area (Å²) < 4.78 is 0. The second-order valence-corrected chi connectivity index (χ2v) is 6.16. The Morgan fingerprint density at radius 2 is 1.40 bits per heavy atom. The third kappa shape index (κ3) is 3.02. The molecule has 0 fully saturated rings. The molecule has 1 N–H and O–H groups in total. The van der Waals surface area contributed by atoms with Gasteiger partial charge in [-0.15, -0.1) is 0 Å². The average Bonchev–Trinajstić information content (AvgIpc) is 2.78. The van der Waals surface area contributed by atoms with Crippen LogP contribution in [-0.4, -0.2) is 6.03 Å². The summed E-state index contributed by atoms with van der Waals surface area (Å²) in [5.41, 5.74) is 4.30. The SMILES string of the molecule is O=C(Nc1cccc(Cl)c1)N1c2ccccc2C=Cc2ccccc21. The molecule has 4 heteroatoms. The molecule has 3 nitrogen and oxygen atoms in total. The number of amides is 2. The molecule has 0 radical (unpaired) electrons. The third-order valence-corrected chi connectivity index (χ3v) is 4.31. The Bertz CT molecular complexity index is 931. The zero-order valence-electron chi connectivity index (χ0n) is 13.3. The normalized spacial score (nSPS) is 12.1. The molecule has 0 aliphatic carbocycles. The van der Waals surface area contributed by atoms with Crippen molar-refractivity contribution >= 4 is 46.8 Å². The quantitative estimate of drug-likeness (QED) is 0.559. The van der Waals surface area contributed by atoms with E-state index in [9.17, 15) is 4.79 Å². The van der Waals surface area contributed by atoms with Gasteiger partial charge in [-0.3, -0.25) is 4.90 Å². The van der Waals surface area contributed by atoms with Crippen LogP contribution in [0.2, 0.25) is 5.02 Å². The van der Waals surface area contributed by atoms with Gasteiger partial charge in [0.25, 0.3) is 0 Å². The van der Waals surface area contributed by atoms with E-state index in [0.717, 1.165) is 22.5 Å². The standard InChI is InChI=1S/C21H15ClN2O/c22-17-8-5-9-18(14-17)23-21(25)24-19-10-3-1-6-15(19)12-13-16-7-2-4-11-20(16)24/h1-14H,(H,23,25). The number of carbonyl (C=O) groups is 1. The largest absolute Gasteiger partial charge is 0.330 e. The Kier molecular flexibility index (Phi) is 4.00. The first-order valence-corrected chi connectivity index (χ1v) is 8.33. The van der Waals surface area contributed by atoms with Crippen molar-refractivity contribution in [2.75, 3.05) is 10.2 Å². The van der Waals surface area contributed by atoms with E-state index in [1.54, 1.807) is 17.0 Å². The van der Waals surface area contributed by atoms with Crippen LogP contribution in [0.3, 0.4) is 0 Å². The lowest BCUT2D eigenvalue weighted by Gasteiger charge is -2.25. The van der Waals surface area contributed by atoms with E-state index in [-0.39, 0.29) is 6.03 Å². The minimum Gasteiger partial charge on any atom is -0.307 e. The van der Waals surface area contributed by atoms with Gasteiger partial charge in [-0.1, -0.05) is 66.2 Å². The van der Waals surface area contributed by atoms with Crippen molar-refractivity contribution in [2.45, 2.75) is 0 Å². The number of halogens is 1. The maximum absolute atomic E-state index is 13.1. The first-order valence-electron chi connectivity index (χ1n) is 7.95. The summed E-state index contributed by atoms with van der Waals surface area (Å²) in [4.78, 5) is 14.8. The van der Waals surface area contributed by atoms with Gasteiger partial charge in [0.05, 0.1) is 11.4 Å². The van der Waals surface area contributed by atoms with Crippen molar-refractivity contribution in [3.63, 3.8) is 0 Å². The van der Waals surface area contributed by atoms with Crippen LogP contribution in [0.4, 0.5) is 21.9 Å². The van der Waals surface area contributed by atoms with Gasteiger partial charge in [0.2, 0.25) is 0 Å². The molecule has 122 valence electrons. The van der Waals surface area contributed by atoms with Gasteiger partial charge in [-0.25, -0.2) is 4.79 Å². The smallest absolute Gasteiger partial charge is 0.307 e. The number of rotatable bonds is 1. The average molecular weight is 347 g/mol. The van der Waals surface area contributed by atoms with Gasteiger partial charge < -0.3 is 5.32 Å². The molecule has 1 aliphatic rings. The molecule has 4 rings (SSSR count). The zero-order valence-corrected chi connectivity index (χ0v) is 14.1. The van der Waals surface area contributed by atoms with Gasteiger partial charge in [-0.05, 0) is 41.5 Å². The van der Waals surface area contributed by atoms with Crippen LogP contribution < -0.4 is 10.2 Å². The fraction of sp³-hybridized carbons (Fsp3) is 0. The highest BCUT2D eigenvalue weighted by Crippen LogP contribution is 2.36. The van der Waals surface area contributed by atoms with E-state index in [4.69, 9.17) is 11.6 Å². The van der Waals surface area contributed by atoms with Crippen molar-refractivity contribution in [3.8, 4) is 0 Å². The first-order chi connectivity index (χ1) is 12.2. The molecule has 3 aromatic carbocycles. The number of hydrogen-bond donors (Lipinski definition) is 1. The summed E-state index contributed by atoms with van der Waals surface area (Å²) in [5, 5.41) is 3.52. The van der Waals surface area contributed by atoms with Crippen LogP contribution in [0.5, 0.6) is 0 Å². The number of anilines is 3. The Morgan fingerprint density at radius 1 is 0.800 bits per heavy atom. The van der Waals surface area contributed by atoms with Gasteiger partial charge in [0.1, 0.15) is 0 Å². The van der Waals surface area contributed by atoms with Gasteiger partial charge in [0, 0.05) is 10.7 Å². The first kappa shape index (κ1) is 15.5. The van der Waals surface area contributed by atoms with Crippen LogP contribution in [-0.2, 0) is 0 Å². The Labute approximate surface area is 151 Å². The van der Waals surface area contributed by atoms with Crippen molar-refractivity contribution in [1.29, 1.82) is 0 Å². The topological polar surface area (TPSA) is 32.3 Å². The highest BCUT2D eigenvalue weighted by Gasteiger charge is 2.23. The number of nitrogens with zero attached hydrogens (tertiary/aromatic N) is 1. The molecule has 3 aromatic rings. The number of fused-ring (bicyclic) bond motifs is 2. The van der Waals surface area contributed by atoms with Crippen molar-refractivity contribution in [3.05, 3.63) is 88.9 Å². The van der Waals surface area contributed by atoms with Gasteiger partial charge in [0.15, 0.2) is 0 Å². The second-order valence-electron chi connectivity index (χ2n) is 5.73. The fourth-order valence-electron chi connectivity index (χ4n) is 2.94. The number of nitrogens with one attached hydrogen (secondary N) is 1. The Morgan fingerprint density at radius 3 is 2.00 bits per heavy atom. The molecule has 0 aromatic heterocycles. The lowest BCUT2D eigenvalue weighted by atomic mass is 10.1. The lowest BCUT2D eigenvalue weighted by molar-refractivity contribution is 0.259. The van der Waals surface area contributed by atoms with Crippen LogP contribution >= 0.6 is 11.6 Å². The molecule has 0 bridgehead atoms. The molecule has 0 saturated carbocycles. The van der Waals surface area contributed by atoms with E-state index < -0.39 is 0 Å². The lowest BCUT2D eigenvalue weighted by Crippen LogP contribution is -2.31. The monoisotopic (exact) mass is 346 g/mol. The summed E-state index contributed by atoms with van der Waals surface area (Å²) in [5.74, 6) is 0. The van der Waals surface area contributed by atoms with Crippen molar-refractivity contribution < 1.29 is 4.79 Å². The van der Waals surface area contributed by atoms with Crippen LogP contribution in [0.25, 0.3) is 12.2 Å². The summed E-state index contributed by atoms with van der Waals surface area (Å²) >= 11 is 6.03. The molecule has 2 amide bonds. The van der Waals surface area contributed by atoms with E-state index in [2.05, 4.69) is 5.32 Å². The molecule has 1 aliphatic heterocycles. The Balaban J connectivity index is 1.80. The van der Waals surface area contributed by atoms with Crippen LogP contribution in [0, 0.1) is 0 Å². The highest BCUT2D eigenvalue weighted by atomic mass is 35.5. The number of para-hydroxylation sites is 2. The van der Waals surface area contributed by atoms with E-state index in [1.165, 1.54) is 0 Å². The molecule has 1 heterocycles. The van der Waals surface area contributed by atoms with Crippen LogP contribution in [0.1, 0.15) is 11.1 Å². The van der Waals surface area contributed by atoms with E-state index >= 15 is 0 Å². The van der Waals surface area contributed by atoms with Crippen molar-refractivity contribution in [2.24, 2.45) is 0 Å². The summed E-state index contributed by atoms with van der Waals surface area (Å²) in [6, 6.07) is 22.6. The summed E-state index contributed by atoms with van der Waals surface area (Å²) in [6.07, 6.45) is 4.06. The highest BCUT2D eigenvalue weighted by molar-refractivity contribution is 6.31. The molecule has 0 saturated heterocycles. The predicted molar refractivity (Wildman–Crippen MR) is 104 cm³/mol. The van der Waals surface area contributed by atoms with Gasteiger partial charge >= 0.3 is 6.03 Å². The van der Waals surface area contributed by atoms with E-state index in [1.807, 2.05) is 72.8 Å². The minimum absolute atomic E-state index is 0.231. The Hall–Kier alpha value is -3.04. The third-order valence-electron chi connectivity index (χ3n) is 4.08. The number of urea groups is 1. The van der Waals surface area contributed by atoms with Crippen LogP contribution in [0.15, 0.2) is 72.8 Å². The molecule has 0 atom stereocenters. The maximum Gasteiger partial charge on any atom is 0.330 e. The molecular formula is C21H15ClN2O. The number of benzene rings is 3. The summed E-state index contributed by atoms with van der Waals surface area (Å²) in [7, 11) is 0. The number of carbonyl (C=O) groups excluding carboxylic acids is 1. The van der Waals surface area contributed by atoms with E-state index in [0.29, 0.717) is 10.7 Å². The minimum atomic E-state index is -0.231. The summed E-state index contributed by atoms with van der Waals surface area (Å²) in [6.45, 7) is 0. The molecule has 25 heavy (non-hydrogen) atoms. The maximum atomic E-state index is 13.1.